The van der Waals surface area contributed by atoms with E-state index < -0.39 is 0 Å². The first-order chi connectivity index (χ1) is 9.93. The van der Waals surface area contributed by atoms with Crippen molar-refractivity contribution in [2.24, 2.45) is 0 Å². The number of rotatable bonds is 13. The Hall–Kier alpha value is -0.160. The molecule has 1 aliphatic rings. The van der Waals surface area contributed by atoms with E-state index in [2.05, 4.69) is 6.92 Å². The first-order valence-corrected chi connectivity index (χ1v) is 8.32. The van der Waals surface area contributed by atoms with Gasteiger partial charge in [0.1, 0.15) is 0 Å². The fraction of sp³-hybridized carbons (Fsp3) is 1.00. The summed E-state index contributed by atoms with van der Waals surface area (Å²) in [5.41, 5.74) is 0. The van der Waals surface area contributed by atoms with Gasteiger partial charge < -0.3 is 18.9 Å². The Kier molecular flexibility index (Phi) is 12.3. The summed E-state index contributed by atoms with van der Waals surface area (Å²) in [5.74, 6) is 0. The summed E-state index contributed by atoms with van der Waals surface area (Å²) in [5, 5.41) is 0. The molecule has 1 saturated heterocycles. The molecular formula is C16H32O4. The van der Waals surface area contributed by atoms with Crippen LogP contribution >= 0.6 is 0 Å². The zero-order valence-electron chi connectivity index (χ0n) is 13.1. The van der Waals surface area contributed by atoms with Crippen LogP contribution in [0.15, 0.2) is 0 Å². The molecule has 1 rings (SSSR count). The lowest BCUT2D eigenvalue weighted by atomic mass is 10.2. The third kappa shape index (κ3) is 10.6. The molecule has 0 aromatic carbocycles. The minimum atomic E-state index is -0.00767. The fourth-order valence-electron chi connectivity index (χ4n) is 2.21. The van der Waals surface area contributed by atoms with E-state index in [0.29, 0.717) is 26.4 Å². The SMILES string of the molecule is CCCCCCCOCCOCCOC1CCCCO1. The van der Waals surface area contributed by atoms with Crippen LogP contribution in [0.5, 0.6) is 0 Å². The van der Waals surface area contributed by atoms with Crippen LogP contribution < -0.4 is 0 Å². The van der Waals surface area contributed by atoms with E-state index in [9.17, 15) is 0 Å². The van der Waals surface area contributed by atoms with E-state index in [-0.39, 0.29) is 6.29 Å². The smallest absolute Gasteiger partial charge is 0.157 e. The lowest BCUT2D eigenvalue weighted by molar-refractivity contribution is -0.169. The highest BCUT2D eigenvalue weighted by Gasteiger charge is 2.13. The van der Waals surface area contributed by atoms with E-state index in [1.165, 1.54) is 38.5 Å². The van der Waals surface area contributed by atoms with Gasteiger partial charge in [-0.15, -0.1) is 0 Å². The Morgan fingerprint density at radius 2 is 1.60 bits per heavy atom. The molecule has 0 N–H and O–H groups in total. The fourth-order valence-corrected chi connectivity index (χ4v) is 2.21. The van der Waals surface area contributed by atoms with E-state index in [0.717, 1.165) is 26.1 Å². The van der Waals surface area contributed by atoms with Gasteiger partial charge in [0, 0.05) is 13.2 Å². The second-order valence-electron chi connectivity index (χ2n) is 5.31. The molecule has 0 aromatic heterocycles. The lowest BCUT2D eigenvalue weighted by Gasteiger charge is -2.22. The molecule has 1 heterocycles. The molecule has 1 fully saturated rings. The van der Waals surface area contributed by atoms with Crippen LogP contribution in [0.4, 0.5) is 0 Å². The van der Waals surface area contributed by atoms with Crippen molar-refractivity contribution in [3.8, 4) is 0 Å². The van der Waals surface area contributed by atoms with E-state index in [1.54, 1.807) is 0 Å². The second-order valence-corrected chi connectivity index (χ2v) is 5.31. The molecule has 4 nitrogen and oxygen atoms in total. The van der Waals surface area contributed by atoms with Crippen molar-refractivity contribution in [3.63, 3.8) is 0 Å². The minimum absolute atomic E-state index is 0.00767. The van der Waals surface area contributed by atoms with Crippen molar-refractivity contribution in [2.75, 3.05) is 39.6 Å². The molecule has 0 spiro atoms. The van der Waals surface area contributed by atoms with Gasteiger partial charge in [-0.3, -0.25) is 0 Å². The Labute approximate surface area is 124 Å². The summed E-state index contributed by atoms with van der Waals surface area (Å²) < 4.78 is 22.0. The van der Waals surface area contributed by atoms with Crippen molar-refractivity contribution >= 4 is 0 Å². The summed E-state index contributed by atoms with van der Waals surface area (Å²) in [6.45, 7) is 6.51. The second kappa shape index (κ2) is 13.8. The van der Waals surface area contributed by atoms with Gasteiger partial charge in [-0.1, -0.05) is 32.6 Å². The van der Waals surface area contributed by atoms with Gasteiger partial charge in [-0.2, -0.15) is 0 Å². The zero-order valence-corrected chi connectivity index (χ0v) is 13.1. The molecule has 0 saturated carbocycles. The third-order valence-corrected chi connectivity index (χ3v) is 3.43. The van der Waals surface area contributed by atoms with Crippen molar-refractivity contribution in [2.45, 2.75) is 64.6 Å². The average molecular weight is 288 g/mol. The first kappa shape index (κ1) is 17.9. The molecule has 0 amide bonds. The highest BCUT2D eigenvalue weighted by molar-refractivity contribution is 4.53. The molecule has 0 radical (unpaired) electrons. The summed E-state index contributed by atoms with van der Waals surface area (Å²) in [6.07, 6.45) is 9.79. The van der Waals surface area contributed by atoms with Gasteiger partial charge in [0.15, 0.2) is 6.29 Å². The van der Waals surface area contributed by atoms with Gasteiger partial charge >= 0.3 is 0 Å². The number of unbranched alkanes of at least 4 members (excludes halogenated alkanes) is 4. The number of hydrogen-bond acceptors (Lipinski definition) is 4. The molecule has 1 atom stereocenters. The van der Waals surface area contributed by atoms with Gasteiger partial charge in [-0.05, 0) is 25.7 Å². The maximum atomic E-state index is 5.58. The van der Waals surface area contributed by atoms with Crippen molar-refractivity contribution in [1.29, 1.82) is 0 Å². The molecule has 20 heavy (non-hydrogen) atoms. The highest BCUT2D eigenvalue weighted by Crippen LogP contribution is 2.13. The highest BCUT2D eigenvalue weighted by atomic mass is 16.7. The van der Waals surface area contributed by atoms with Gasteiger partial charge in [0.2, 0.25) is 0 Å². The van der Waals surface area contributed by atoms with Crippen LogP contribution in [-0.4, -0.2) is 45.9 Å². The predicted molar refractivity (Wildman–Crippen MR) is 79.9 cm³/mol. The van der Waals surface area contributed by atoms with Crippen LogP contribution in [0.1, 0.15) is 58.3 Å². The molecule has 4 heteroatoms. The summed E-state index contributed by atoms with van der Waals surface area (Å²) in [7, 11) is 0. The average Bonchev–Trinajstić information content (AvgIpc) is 2.49. The Morgan fingerprint density at radius 1 is 0.850 bits per heavy atom. The van der Waals surface area contributed by atoms with Crippen LogP contribution in [0.25, 0.3) is 0 Å². The van der Waals surface area contributed by atoms with Gasteiger partial charge in [0.05, 0.1) is 26.4 Å². The molecule has 1 aliphatic heterocycles. The number of ether oxygens (including phenoxy) is 4. The maximum Gasteiger partial charge on any atom is 0.157 e. The molecule has 0 aliphatic carbocycles. The van der Waals surface area contributed by atoms with Crippen molar-refractivity contribution in [3.05, 3.63) is 0 Å². The molecule has 0 bridgehead atoms. The third-order valence-electron chi connectivity index (χ3n) is 3.43. The first-order valence-electron chi connectivity index (χ1n) is 8.32. The van der Waals surface area contributed by atoms with Crippen LogP contribution in [0.3, 0.4) is 0 Å². The predicted octanol–water partition coefficient (Wildman–Crippen LogP) is 3.53. The largest absolute Gasteiger partial charge is 0.379 e. The van der Waals surface area contributed by atoms with Crippen LogP contribution in [0, 0.1) is 0 Å². The summed E-state index contributed by atoms with van der Waals surface area (Å²) in [6, 6.07) is 0. The quantitative estimate of drug-likeness (QED) is 0.486. The Balaban J connectivity index is 1.70. The molecule has 0 aromatic rings. The lowest BCUT2D eigenvalue weighted by Crippen LogP contribution is -2.24. The van der Waals surface area contributed by atoms with E-state index >= 15 is 0 Å². The van der Waals surface area contributed by atoms with Gasteiger partial charge in [-0.25, -0.2) is 0 Å². The van der Waals surface area contributed by atoms with E-state index in [4.69, 9.17) is 18.9 Å². The Morgan fingerprint density at radius 3 is 2.35 bits per heavy atom. The molecule has 1 unspecified atom stereocenters. The summed E-state index contributed by atoms with van der Waals surface area (Å²) in [4.78, 5) is 0. The van der Waals surface area contributed by atoms with Crippen LogP contribution in [-0.2, 0) is 18.9 Å². The van der Waals surface area contributed by atoms with Crippen LogP contribution in [0.2, 0.25) is 0 Å². The van der Waals surface area contributed by atoms with E-state index in [1.807, 2.05) is 0 Å². The summed E-state index contributed by atoms with van der Waals surface area (Å²) >= 11 is 0. The van der Waals surface area contributed by atoms with Crippen molar-refractivity contribution in [1.82, 2.24) is 0 Å². The maximum absolute atomic E-state index is 5.58. The zero-order chi connectivity index (χ0) is 14.3. The monoisotopic (exact) mass is 288 g/mol. The molecular weight excluding hydrogens is 256 g/mol. The minimum Gasteiger partial charge on any atom is -0.379 e. The Bertz CT molecular complexity index is 193. The standard InChI is InChI=1S/C16H32O4/c1-2-3-4-5-7-10-17-12-13-18-14-15-20-16-9-6-8-11-19-16/h16H,2-15H2,1H3. The molecule has 120 valence electrons. The normalized spacial score (nSPS) is 19.4. The topological polar surface area (TPSA) is 36.9 Å². The van der Waals surface area contributed by atoms with Gasteiger partial charge in [0.25, 0.3) is 0 Å². The number of hydrogen-bond donors (Lipinski definition) is 0. The van der Waals surface area contributed by atoms with Crippen molar-refractivity contribution < 1.29 is 18.9 Å².